The minimum absolute atomic E-state index is 0.0292. The summed E-state index contributed by atoms with van der Waals surface area (Å²) in [5, 5.41) is 0. The van der Waals surface area contributed by atoms with Gasteiger partial charge in [-0.15, -0.1) is 0 Å². The second-order valence-corrected chi connectivity index (χ2v) is 4.96. The maximum atomic E-state index is 14.1. The fraction of sp³-hybridized carbons (Fsp3) is 0.462. The molecular formula is C13H16F2N2S. The van der Waals surface area contributed by atoms with E-state index in [0.29, 0.717) is 5.69 Å². The molecule has 18 heavy (non-hydrogen) atoms. The van der Waals surface area contributed by atoms with E-state index in [2.05, 4.69) is 6.92 Å². The van der Waals surface area contributed by atoms with Gasteiger partial charge in [0, 0.05) is 18.2 Å². The maximum Gasteiger partial charge on any atom is 0.182 e. The van der Waals surface area contributed by atoms with Gasteiger partial charge in [0.1, 0.15) is 4.99 Å². The second kappa shape index (κ2) is 5.18. The minimum Gasteiger partial charge on any atom is -0.389 e. The van der Waals surface area contributed by atoms with Gasteiger partial charge in [0.25, 0.3) is 0 Å². The molecule has 1 aliphatic heterocycles. The van der Waals surface area contributed by atoms with Gasteiger partial charge in [0.2, 0.25) is 0 Å². The summed E-state index contributed by atoms with van der Waals surface area (Å²) in [7, 11) is 0. The molecule has 0 amide bonds. The zero-order valence-corrected chi connectivity index (χ0v) is 11.1. The van der Waals surface area contributed by atoms with Gasteiger partial charge >= 0.3 is 0 Å². The summed E-state index contributed by atoms with van der Waals surface area (Å²) in [4.78, 5) is 1.81. The molecule has 1 aromatic rings. The average Bonchev–Trinajstić information content (AvgIpc) is 2.80. The van der Waals surface area contributed by atoms with Crippen LogP contribution in [0.15, 0.2) is 12.1 Å². The molecule has 0 bridgehead atoms. The normalized spacial score (nSPS) is 19.3. The molecule has 2 rings (SSSR count). The molecule has 1 aromatic carbocycles. The number of thiocarbonyl (C=S) groups is 1. The van der Waals surface area contributed by atoms with Crippen LogP contribution in [0, 0.1) is 11.6 Å². The molecule has 1 fully saturated rings. The van der Waals surface area contributed by atoms with E-state index in [1.54, 1.807) is 6.07 Å². The van der Waals surface area contributed by atoms with Crippen molar-refractivity contribution in [1.82, 2.24) is 0 Å². The second-order valence-electron chi connectivity index (χ2n) is 4.52. The Morgan fingerprint density at radius 2 is 2.17 bits per heavy atom. The van der Waals surface area contributed by atoms with Crippen LogP contribution in [0.3, 0.4) is 0 Å². The van der Waals surface area contributed by atoms with Gasteiger partial charge in [-0.3, -0.25) is 0 Å². The van der Waals surface area contributed by atoms with Gasteiger partial charge in [-0.2, -0.15) is 0 Å². The summed E-state index contributed by atoms with van der Waals surface area (Å²) in [5.41, 5.74) is 5.64. The van der Waals surface area contributed by atoms with Gasteiger partial charge in [-0.1, -0.05) is 19.1 Å². The van der Waals surface area contributed by atoms with Crippen molar-refractivity contribution in [2.75, 3.05) is 11.4 Å². The molecule has 1 unspecified atom stereocenters. The van der Waals surface area contributed by atoms with E-state index in [1.807, 2.05) is 4.90 Å². The number of hydrogen-bond donors (Lipinski definition) is 1. The van der Waals surface area contributed by atoms with Crippen molar-refractivity contribution in [3.05, 3.63) is 29.3 Å². The van der Waals surface area contributed by atoms with Crippen molar-refractivity contribution in [3.8, 4) is 0 Å². The topological polar surface area (TPSA) is 29.3 Å². The standard InChI is InChI=1S/C13H16F2N2S/c1-2-8-4-3-7-17(8)10-6-5-9(13(16)18)11(14)12(10)15/h5-6,8H,2-4,7H2,1H3,(H2,16,18). The highest BCUT2D eigenvalue weighted by Crippen LogP contribution is 2.31. The summed E-state index contributed by atoms with van der Waals surface area (Å²) < 4.78 is 27.9. The van der Waals surface area contributed by atoms with Gasteiger partial charge in [0.05, 0.1) is 5.69 Å². The molecule has 1 heterocycles. The van der Waals surface area contributed by atoms with Crippen molar-refractivity contribution in [2.45, 2.75) is 32.2 Å². The largest absolute Gasteiger partial charge is 0.389 e. The first-order chi connectivity index (χ1) is 8.56. The van der Waals surface area contributed by atoms with Gasteiger partial charge in [-0.05, 0) is 31.4 Å². The van der Waals surface area contributed by atoms with Crippen LogP contribution in [0.1, 0.15) is 31.7 Å². The molecule has 0 saturated carbocycles. The number of halogens is 2. The Bertz CT molecular complexity index is 476. The van der Waals surface area contributed by atoms with Crippen molar-refractivity contribution in [2.24, 2.45) is 5.73 Å². The molecule has 0 radical (unpaired) electrons. The zero-order chi connectivity index (χ0) is 13.3. The van der Waals surface area contributed by atoms with Crippen LogP contribution in [0.5, 0.6) is 0 Å². The van der Waals surface area contributed by atoms with Crippen LogP contribution in [0.4, 0.5) is 14.5 Å². The predicted molar refractivity (Wildman–Crippen MR) is 72.9 cm³/mol. The number of anilines is 1. The average molecular weight is 270 g/mol. The summed E-state index contributed by atoms with van der Waals surface area (Å²) >= 11 is 4.69. The van der Waals surface area contributed by atoms with Crippen molar-refractivity contribution in [1.29, 1.82) is 0 Å². The van der Waals surface area contributed by atoms with Crippen molar-refractivity contribution in [3.63, 3.8) is 0 Å². The van der Waals surface area contributed by atoms with E-state index in [9.17, 15) is 8.78 Å². The third-order valence-corrected chi connectivity index (χ3v) is 3.71. The van der Waals surface area contributed by atoms with E-state index in [1.165, 1.54) is 6.07 Å². The highest BCUT2D eigenvalue weighted by atomic mass is 32.1. The molecular weight excluding hydrogens is 254 g/mol. The van der Waals surface area contributed by atoms with Crippen LogP contribution >= 0.6 is 12.2 Å². The molecule has 1 aliphatic rings. The van der Waals surface area contributed by atoms with E-state index in [0.717, 1.165) is 25.8 Å². The lowest BCUT2D eigenvalue weighted by molar-refractivity contribution is 0.502. The Labute approximate surface area is 111 Å². The van der Waals surface area contributed by atoms with Crippen molar-refractivity contribution >= 4 is 22.9 Å². The van der Waals surface area contributed by atoms with E-state index < -0.39 is 11.6 Å². The smallest absolute Gasteiger partial charge is 0.182 e. The molecule has 5 heteroatoms. The molecule has 2 N–H and O–H groups in total. The van der Waals surface area contributed by atoms with Crippen LogP contribution in [0.25, 0.3) is 0 Å². The highest BCUT2D eigenvalue weighted by Gasteiger charge is 2.27. The summed E-state index contributed by atoms with van der Waals surface area (Å²) in [6, 6.07) is 3.32. The van der Waals surface area contributed by atoms with Gasteiger partial charge in [-0.25, -0.2) is 8.78 Å². The lowest BCUT2D eigenvalue weighted by atomic mass is 10.1. The fourth-order valence-corrected chi connectivity index (χ4v) is 2.69. The molecule has 1 atom stereocenters. The van der Waals surface area contributed by atoms with E-state index in [-0.39, 0.29) is 16.6 Å². The quantitative estimate of drug-likeness (QED) is 0.856. The number of nitrogens with zero attached hydrogens (tertiary/aromatic N) is 1. The third-order valence-electron chi connectivity index (χ3n) is 3.49. The lowest BCUT2D eigenvalue weighted by Gasteiger charge is -2.26. The lowest BCUT2D eigenvalue weighted by Crippen LogP contribution is -2.29. The van der Waals surface area contributed by atoms with Crippen LogP contribution in [-0.2, 0) is 0 Å². The Hall–Kier alpha value is -1.23. The highest BCUT2D eigenvalue weighted by molar-refractivity contribution is 7.80. The molecule has 0 spiro atoms. The number of hydrogen-bond acceptors (Lipinski definition) is 2. The van der Waals surface area contributed by atoms with Crippen LogP contribution < -0.4 is 10.6 Å². The Morgan fingerprint density at radius 3 is 2.78 bits per heavy atom. The minimum atomic E-state index is -0.943. The molecule has 1 saturated heterocycles. The third kappa shape index (κ3) is 2.19. The van der Waals surface area contributed by atoms with Crippen LogP contribution in [0.2, 0.25) is 0 Å². The number of nitrogens with two attached hydrogens (primary N) is 1. The summed E-state index contributed by atoms with van der Waals surface area (Å²) in [6.45, 7) is 2.82. The molecule has 0 aromatic heterocycles. The van der Waals surface area contributed by atoms with Crippen LogP contribution in [-0.4, -0.2) is 17.6 Å². The molecule has 2 nitrogen and oxygen atoms in total. The van der Waals surface area contributed by atoms with Crippen molar-refractivity contribution < 1.29 is 8.78 Å². The predicted octanol–water partition coefficient (Wildman–Crippen LogP) is 2.98. The zero-order valence-electron chi connectivity index (χ0n) is 10.2. The number of rotatable bonds is 3. The summed E-state index contributed by atoms with van der Waals surface area (Å²) in [6.07, 6.45) is 2.96. The first-order valence-corrected chi connectivity index (χ1v) is 6.51. The fourth-order valence-electron chi connectivity index (χ4n) is 2.53. The monoisotopic (exact) mass is 270 g/mol. The van der Waals surface area contributed by atoms with Gasteiger partial charge in [0.15, 0.2) is 11.6 Å². The Morgan fingerprint density at radius 1 is 1.44 bits per heavy atom. The van der Waals surface area contributed by atoms with E-state index >= 15 is 0 Å². The first-order valence-electron chi connectivity index (χ1n) is 6.10. The molecule has 98 valence electrons. The Kier molecular flexibility index (Phi) is 3.80. The Balaban J connectivity index is 2.41. The SMILES string of the molecule is CCC1CCCN1c1ccc(C(N)=S)c(F)c1F. The maximum absolute atomic E-state index is 14.1. The number of benzene rings is 1. The molecule has 0 aliphatic carbocycles. The summed E-state index contributed by atoms with van der Waals surface area (Å²) in [5.74, 6) is -1.79. The van der Waals surface area contributed by atoms with Gasteiger partial charge < -0.3 is 10.6 Å². The van der Waals surface area contributed by atoms with E-state index in [4.69, 9.17) is 18.0 Å². The first kappa shape index (κ1) is 13.2.